The second-order valence-corrected chi connectivity index (χ2v) is 6.07. The summed E-state index contributed by atoms with van der Waals surface area (Å²) in [6.07, 6.45) is 0. The molecular weight excluding hydrogens is 344 g/mol. The molecule has 4 nitrogen and oxygen atoms in total. The Balaban J connectivity index is 1.58. The summed E-state index contributed by atoms with van der Waals surface area (Å²) in [6, 6.07) is 24.3. The first-order valence-electron chi connectivity index (χ1n) is 8.13. The maximum absolute atomic E-state index is 12.3. The SMILES string of the molecule is Cc1ccccc1C(=O)NC(=S)Nc1ccc(Oc2ccccc2)cc1. The van der Waals surface area contributed by atoms with Gasteiger partial charge in [0.2, 0.25) is 0 Å². The number of para-hydroxylation sites is 1. The van der Waals surface area contributed by atoms with Gasteiger partial charge in [-0.2, -0.15) is 0 Å². The Hall–Kier alpha value is -3.18. The van der Waals surface area contributed by atoms with Crippen LogP contribution < -0.4 is 15.4 Å². The first-order valence-corrected chi connectivity index (χ1v) is 8.53. The van der Waals surface area contributed by atoms with Gasteiger partial charge in [0.05, 0.1) is 0 Å². The lowest BCUT2D eigenvalue weighted by Gasteiger charge is -2.11. The third-order valence-electron chi connectivity index (χ3n) is 3.71. The molecule has 3 aromatic carbocycles. The van der Waals surface area contributed by atoms with Gasteiger partial charge < -0.3 is 10.1 Å². The molecule has 0 saturated carbocycles. The van der Waals surface area contributed by atoms with Crippen molar-refractivity contribution in [3.63, 3.8) is 0 Å². The van der Waals surface area contributed by atoms with Gasteiger partial charge in [0, 0.05) is 11.3 Å². The quantitative estimate of drug-likeness (QED) is 0.647. The van der Waals surface area contributed by atoms with Crippen molar-refractivity contribution in [1.82, 2.24) is 5.32 Å². The Morgan fingerprint density at radius 2 is 1.46 bits per heavy atom. The molecule has 0 aliphatic rings. The number of aryl methyl sites for hydroxylation is 1. The summed E-state index contributed by atoms with van der Waals surface area (Å²) in [7, 11) is 0. The van der Waals surface area contributed by atoms with Crippen molar-refractivity contribution in [2.45, 2.75) is 6.92 Å². The van der Waals surface area contributed by atoms with Crippen molar-refractivity contribution >= 4 is 28.9 Å². The summed E-state index contributed by atoms with van der Waals surface area (Å²) < 4.78 is 5.74. The standard InChI is InChI=1S/C21H18N2O2S/c1-15-7-5-6-10-19(15)20(24)23-21(26)22-16-11-13-18(14-12-16)25-17-8-3-2-4-9-17/h2-14H,1H3,(H2,22,23,24,26). The number of amides is 1. The average Bonchev–Trinajstić information content (AvgIpc) is 2.64. The van der Waals surface area contributed by atoms with E-state index in [-0.39, 0.29) is 11.0 Å². The normalized spacial score (nSPS) is 10.0. The van der Waals surface area contributed by atoms with Crippen molar-refractivity contribution in [3.8, 4) is 11.5 Å². The molecule has 0 aliphatic heterocycles. The monoisotopic (exact) mass is 362 g/mol. The Bertz CT molecular complexity index is 909. The number of benzene rings is 3. The molecule has 3 aromatic rings. The molecule has 1 amide bonds. The number of thiocarbonyl (C=S) groups is 1. The molecular formula is C21H18N2O2S. The van der Waals surface area contributed by atoms with Gasteiger partial charge in [-0.15, -0.1) is 0 Å². The van der Waals surface area contributed by atoms with Crippen molar-refractivity contribution < 1.29 is 9.53 Å². The molecule has 2 N–H and O–H groups in total. The molecule has 3 rings (SSSR count). The molecule has 0 aliphatic carbocycles. The molecule has 0 bridgehead atoms. The maximum atomic E-state index is 12.3. The van der Waals surface area contributed by atoms with Crippen LogP contribution in [0.1, 0.15) is 15.9 Å². The van der Waals surface area contributed by atoms with Crippen LogP contribution >= 0.6 is 12.2 Å². The Morgan fingerprint density at radius 1 is 0.846 bits per heavy atom. The predicted molar refractivity (Wildman–Crippen MR) is 108 cm³/mol. The van der Waals surface area contributed by atoms with Gasteiger partial charge in [0.1, 0.15) is 11.5 Å². The molecule has 0 heterocycles. The van der Waals surface area contributed by atoms with Crippen LogP contribution in [0.5, 0.6) is 11.5 Å². The molecule has 130 valence electrons. The summed E-state index contributed by atoms with van der Waals surface area (Å²) in [5.41, 5.74) is 2.26. The molecule has 0 fully saturated rings. The number of carbonyl (C=O) groups is 1. The number of anilines is 1. The van der Waals surface area contributed by atoms with Crippen molar-refractivity contribution in [2.75, 3.05) is 5.32 Å². The lowest BCUT2D eigenvalue weighted by Crippen LogP contribution is -2.34. The largest absolute Gasteiger partial charge is 0.457 e. The van der Waals surface area contributed by atoms with E-state index in [2.05, 4.69) is 10.6 Å². The van der Waals surface area contributed by atoms with E-state index in [1.165, 1.54) is 0 Å². The number of hydrogen-bond acceptors (Lipinski definition) is 3. The zero-order valence-electron chi connectivity index (χ0n) is 14.2. The minimum Gasteiger partial charge on any atom is -0.457 e. The van der Waals surface area contributed by atoms with E-state index in [9.17, 15) is 4.79 Å². The van der Waals surface area contributed by atoms with Crippen molar-refractivity contribution in [2.24, 2.45) is 0 Å². The van der Waals surface area contributed by atoms with Gasteiger partial charge in [-0.05, 0) is 67.2 Å². The van der Waals surface area contributed by atoms with Gasteiger partial charge in [0.15, 0.2) is 5.11 Å². The van der Waals surface area contributed by atoms with E-state index in [0.29, 0.717) is 5.56 Å². The fourth-order valence-corrected chi connectivity index (χ4v) is 2.60. The summed E-state index contributed by atoms with van der Waals surface area (Å²) in [4.78, 5) is 12.3. The zero-order chi connectivity index (χ0) is 18.4. The van der Waals surface area contributed by atoms with Crippen LogP contribution in [0, 0.1) is 6.92 Å². The number of hydrogen-bond donors (Lipinski definition) is 2. The first-order chi connectivity index (χ1) is 12.6. The zero-order valence-corrected chi connectivity index (χ0v) is 15.0. The molecule has 0 saturated heterocycles. The number of carbonyl (C=O) groups excluding carboxylic acids is 1. The van der Waals surface area contributed by atoms with Crippen LogP contribution in [0.15, 0.2) is 78.9 Å². The van der Waals surface area contributed by atoms with Gasteiger partial charge in [0.25, 0.3) is 5.91 Å². The topological polar surface area (TPSA) is 50.4 Å². The third-order valence-corrected chi connectivity index (χ3v) is 3.91. The highest BCUT2D eigenvalue weighted by atomic mass is 32.1. The maximum Gasteiger partial charge on any atom is 0.257 e. The van der Waals surface area contributed by atoms with Crippen LogP contribution in [-0.4, -0.2) is 11.0 Å². The lowest BCUT2D eigenvalue weighted by molar-refractivity contribution is 0.0977. The highest BCUT2D eigenvalue weighted by Crippen LogP contribution is 2.22. The van der Waals surface area contributed by atoms with Gasteiger partial charge in [-0.3, -0.25) is 10.1 Å². The van der Waals surface area contributed by atoms with Crippen molar-refractivity contribution in [1.29, 1.82) is 0 Å². The second-order valence-electron chi connectivity index (χ2n) is 5.66. The van der Waals surface area contributed by atoms with Crippen LogP contribution in [-0.2, 0) is 0 Å². The molecule has 0 unspecified atom stereocenters. The smallest absolute Gasteiger partial charge is 0.257 e. The molecule has 0 atom stereocenters. The van der Waals surface area contributed by atoms with E-state index >= 15 is 0 Å². The van der Waals surface area contributed by atoms with Crippen LogP contribution in [0.25, 0.3) is 0 Å². The van der Waals surface area contributed by atoms with E-state index in [4.69, 9.17) is 17.0 Å². The van der Waals surface area contributed by atoms with Gasteiger partial charge in [-0.1, -0.05) is 36.4 Å². The average molecular weight is 362 g/mol. The minimum atomic E-state index is -0.232. The fraction of sp³-hybridized carbons (Fsp3) is 0.0476. The summed E-state index contributed by atoms with van der Waals surface area (Å²) in [6.45, 7) is 1.89. The van der Waals surface area contributed by atoms with Crippen LogP contribution in [0.4, 0.5) is 5.69 Å². The number of rotatable bonds is 4. The summed E-state index contributed by atoms with van der Waals surface area (Å²) >= 11 is 5.22. The third kappa shape index (κ3) is 4.68. The minimum absolute atomic E-state index is 0.232. The molecule has 26 heavy (non-hydrogen) atoms. The summed E-state index contributed by atoms with van der Waals surface area (Å²) in [5, 5.41) is 5.93. The van der Waals surface area contributed by atoms with E-state index < -0.39 is 0 Å². The van der Waals surface area contributed by atoms with E-state index in [0.717, 1.165) is 22.7 Å². The highest BCUT2D eigenvalue weighted by Gasteiger charge is 2.10. The lowest BCUT2D eigenvalue weighted by atomic mass is 10.1. The summed E-state index contributed by atoms with van der Waals surface area (Å²) in [5.74, 6) is 1.26. The Labute approximate surface area is 157 Å². The first kappa shape index (κ1) is 17.6. The van der Waals surface area contributed by atoms with E-state index in [1.807, 2.05) is 79.7 Å². The van der Waals surface area contributed by atoms with E-state index in [1.54, 1.807) is 6.07 Å². The molecule has 0 aromatic heterocycles. The highest BCUT2D eigenvalue weighted by molar-refractivity contribution is 7.80. The number of ether oxygens (including phenoxy) is 1. The molecule has 5 heteroatoms. The van der Waals surface area contributed by atoms with Gasteiger partial charge >= 0.3 is 0 Å². The van der Waals surface area contributed by atoms with Crippen LogP contribution in [0.3, 0.4) is 0 Å². The van der Waals surface area contributed by atoms with Gasteiger partial charge in [-0.25, -0.2) is 0 Å². The Kier molecular flexibility index (Phi) is 5.61. The number of nitrogens with one attached hydrogen (secondary N) is 2. The second kappa shape index (κ2) is 8.27. The molecule has 0 spiro atoms. The fourth-order valence-electron chi connectivity index (χ4n) is 2.39. The predicted octanol–water partition coefficient (Wildman–Crippen LogP) is 4.91. The molecule has 0 radical (unpaired) electrons. The Morgan fingerprint density at radius 3 is 2.15 bits per heavy atom. The van der Waals surface area contributed by atoms with Crippen LogP contribution in [0.2, 0.25) is 0 Å². The van der Waals surface area contributed by atoms with Crippen molar-refractivity contribution in [3.05, 3.63) is 90.0 Å².